The Morgan fingerprint density at radius 1 is 1.03 bits per heavy atom. The summed E-state index contributed by atoms with van der Waals surface area (Å²) in [6.45, 7) is -0.723. The molecular formula is C20H22O11. The molecule has 1 aliphatic heterocycles. The van der Waals surface area contributed by atoms with E-state index in [0.717, 1.165) is 6.07 Å². The molecule has 11 nitrogen and oxygen atoms in total. The Balaban J connectivity index is 2.07. The summed E-state index contributed by atoms with van der Waals surface area (Å²) in [5, 5.41) is 69.8. The largest absolute Gasteiger partial charge is 0.508 e. The number of carbonyl (C=O) groups excluding carboxylic acids is 1. The fourth-order valence-corrected chi connectivity index (χ4v) is 3.14. The number of aliphatic hydroxyl groups excluding tert-OH is 4. The quantitative estimate of drug-likeness (QED) is 0.222. The fraction of sp³-hybridized carbons (Fsp3) is 0.350. The molecule has 2 aromatic carbocycles. The van der Waals surface area contributed by atoms with E-state index in [1.807, 2.05) is 0 Å². The summed E-state index contributed by atoms with van der Waals surface area (Å²) < 4.78 is 15.7. The van der Waals surface area contributed by atoms with Gasteiger partial charge in [-0.1, -0.05) is 0 Å². The maximum Gasteiger partial charge on any atom is 0.229 e. The third kappa shape index (κ3) is 4.22. The van der Waals surface area contributed by atoms with E-state index in [1.54, 1.807) is 0 Å². The van der Waals surface area contributed by atoms with Crippen LogP contribution in [-0.4, -0.2) is 86.0 Å². The SMILES string of the molecule is COc1cc(O)c(C(=O)c2ccc(O)cc2)c(OC2OC(CO)C(O)C(O)C2O)c1O. The Hall–Kier alpha value is -3.09. The number of carbonyl (C=O) groups is 1. The van der Waals surface area contributed by atoms with Crippen LogP contribution in [0.1, 0.15) is 15.9 Å². The van der Waals surface area contributed by atoms with Crippen molar-refractivity contribution in [3.05, 3.63) is 41.5 Å². The highest BCUT2D eigenvalue weighted by Crippen LogP contribution is 2.46. The lowest BCUT2D eigenvalue weighted by Crippen LogP contribution is -2.60. The molecule has 3 rings (SSSR count). The van der Waals surface area contributed by atoms with Crippen molar-refractivity contribution in [3.8, 4) is 28.7 Å². The molecule has 0 aromatic heterocycles. The van der Waals surface area contributed by atoms with Crippen LogP contribution in [0.3, 0.4) is 0 Å². The van der Waals surface area contributed by atoms with Crippen LogP contribution < -0.4 is 9.47 Å². The molecule has 11 heteroatoms. The smallest absolute Gasteiger partial charge is 0.229 e. The number of aliphatic hydroxyl groups is 4. The van der Waals surface area contributed by atoms with Crippen LogP contribution in [0, 0.1) is 0 Å². The highest BCUT2D eigenvalue weighted by molar-refractivity contribution is 6.13. The Kier molecular flexibility index (Phi) is 6.53. The first kappa shape index (κ1) is 22.6. The molecule has 0 saturated carbocycles. The molecule has 31 heavy (non-hydrogen) atoms. The number of hydrogen-bond donors (Lipinski definition) is 7. The van der Waals surface area contributed by atoms with Gasteiger partial charge in [-0.15, -0.1) is 0 Å². The summed E-state index contributed by atoms with van der Waals surface area (Å²) in [5.41, 5.74) is -0.489. The second kappa shape index (κ2) is 8.96. The van der Waals surface area contributed by atoms with E-state index in [2.05, 4.69) is 0 Å². The third-order valence-electron chi connectivity index (χ3n) is 4.86. The minimum atomic E-state index is -1.83. The average molecular weight is 438 g/mol. The van der Waals surface area contributed by atoms with Crippen LogP contribution >= 0.6 is 0 Å². The van der Waals surface area contributed by atoms with Gasteiger partial charge in [0.05, 0.1) is 13.7 Å². The maximum absolute atomic E-state index is 13.0. The van der Waals surface area contributed by atoms with Crippen LogP contribution in [0.5, 0.6) is 28.7 Å². The third-order valence-corrected chi connectivity index (χ3v) is 4.86. The number of hydrogen-bond acceptors (Lipinski definition) is 11. The van der Waals surface area contributed by atoms with E-state index in [0.29, 0.717) is 0 Å². The van der Waals surface area contributed by atoms with Crippen molar-refractivity contribution in [2.75, 3.05) is 13.7 Å². The first-order valence-electron chi connectivity index (χ1n) is 9.13. The summed E-state index contributed by atoms with van der Waals surface area (Å²) in [6.07, 6.45) is -8.29. The number of phenolic OH excluding ortho intramolecular Hbond substituents is 3. The van der Waals surface area contributed by atoms with Crippen molar-refractivity contribution in [3.63, 3.8) is 0 Å². The van der Waals surface area contributed by atoms with Gasteiger partial charge in [-0.05, 0) is 24.3 Å². The molecule has 2 aromatic rings. The van der Waals surface area contributed by atoms with E-state index in [9.17, 15) is 40.5 Å². The van der Waals surface area contributed by atoms with Crippen molar-refractivity contribution in [1.82, 2.24) is 0 Å². The molecule has 1 aliphatic rings. The number of methoxy groups -OCH3 is 1. The minimum Gasteiger partial charge on any atom is -0.508 e. The van der Waals surface area contributed by atoms with Gasteiger partial charge in [0.2, 0.25) is 17.8 Å². The first-order valence-corrected chi connectivity index (χ1v) is 9.13. The highest BCUT2D eigenvalue weighted by atomic mass is 16.7. The summed E-state index contributed by atoms with van der Waals surface area (Å²) in [6, 6.07) is 6.01. The van der Waals surface area contributed by atoms with Gasteiger partial charge in [-0.25, -0.2) is 0 Å². The predicted molar refractivity (Wildman–Crippen MR) is 102 cm³/mol. The van der Waals surface area contributed by atoms with E-state index >= 15 is 0 Å². The van der Waals surface area contributed by atoms with Crippen molar-refractivity contribution >= 4 is 5.78 Å². The van der Waals surface area contributed by atoms with Gasteiger partial charge in [0.15, 0.2) is 11.5 Å². The van der Waals surface area contributed by atoms with E-state index in [4.69, 9.17) is 14.2 Å². The Morgan fingerprint density at radius 3 is 2.26 bits per heavy atom. The first-order chi connectivity index (χ1) is 14.7. The van der Waals surface area contributed by atoms with E-state index < -0.39 is 65.9 Å². The summed E-state index contributed by atoms with van der Waals surface area (Å²) in [4.78, 5) is 13.0. The molecular weight excluding hydrogens is 416 g/mol. The molecule has 1 saturated heterocycles. The molecule has 168 valence electrons. The van der Waals surface area contributed by atoms with Crippen molar-refractivity contribution in [2.24, 2.45) is 0 Å². The van der Waals surface area contributed by atoms with Crippen LogP contribution in [0.25, 0.3) is 0 Å². The van der Waals surface area contributed by atoms with Crippen molar-refractivity contribution in [2.45, 2.75) is 30.7 Å². The molecule has 5 atom stereocenters. The van der Waals surface area contributed by atoms with Gasteiger partial charge in [0.25, 0.3) is 0 Å². The lowest BCUT2D eigenvalue weighted by Gasteiger charge is -2.39. The molecule has 1 heterocycles. The van der Waals surface area contributed by atoms with E-state index in [1.165, 1.54) is 31.4 Å². The number of phenols is 3. The molecule has 0 spiro atoms. The Labute approximate surface area is 175 Å². The van der Waals surface area contributed by atoms with Crippen LogP contribution in [0.2, 0.25) is 0 Å². The topological polar surface area (TPSA) is 186 Å². The average Bonchev–Trinajstić information content (AvgIpc) is 2.76. The molecule has 5 unspecified atom stereocenters. The second-order valence-electron chi connectivity index (χ2n) is 6.84. The molecule has 0 aliphatic carbocycles. The summed E-state index contributed by atoms with van der Waals surface area (Å²) in [7, 11) is 1.19. The normalized spacial score (nSPS) is 25.8. The zero-order valence-corrected chi connectivity index (χ0v) is 16.2. The summed E-state index contributed by atoms with van der Waals surface area (Å²) >= 11 is 0. The molecule has 1 fully saturated rings. The molecule has 0 bridgehead atoms. The predicted octanol–water partition coefficient (Wildman–Crippen LogP) is -0.778. The number of benzene rings is 2. The van der Waals surface area contributed by atoms with Gasteiger partial charge in [-0.3, -0.25) is 4.79 Å². The fourth-order valence-electron chi connectivity index (χ4n) is 3.14. The lowest BCUT2D eigenvalue weighted by molar-refractivity contribution is -0.277. The van der Waals surface area contributed by atoms with Gasteiger partial charge in [0, 0.05) is 11.6 Å². The monoisotopic (exact) mass is 438 g/mol. The maximum atomic E-state index is 13.0. The van der Waals surface area contributed by atoms with Gasteiger partial charge < -0.3 is 50.0 Å². The van der Waals surface area contributed by atoms with E-state index in [-0.39, 0.29) is 17.1 Å². The highest BCUT2D eigenvalue weighted by Gasteiger charge is 2.45. The zero-order chi connectivity index (χ0) is 22.9. The summed E-state index contributed by atoms with van der Waals surface area (Å²) in [5.74, 6) is -3.14. The van der Waals surface area contributed by atoms with Crippen LogP contribution in [0.4, 0.5) is 0 Å². The van der Waals surface area contributed by atoms with Gasteiger partial charge in [-0.2, -0.15) is 0 Å². The lowest BCUT2D eigenvalue weighted by atomic mass is 9.98. The number of aromatic hydroxyl groups is 3. The number of ketones is 1. The number of ether oxygens (including phenoxy) is 3. The molecule has 0 amide bonds. The second-order valence-corrected chi connectivity index (χ2v) is 6.84. The van der Waals surface area contributed by atoms with Crippen molar-refractivity contribution < 1.29 is 54.8 Å². The Morgan fingerprint density at radius 2 is 1.68 bits per heavy atom. The Bertz CT molecular complexity index is 941. The minimum absolute atomic E-state index is 0.0244. The standard InChI is InChI=1S/C20H22O11/c1-29-11-6-10(23)13(14(24)8-2-4-9(22)5-3-8)19(16(11)26)31-20-18(28)17(27)15(25)12(7-21)30-20/h2-6,12,15,17-18,20-23,25-28H,7H2,1H3. The van der Waals surface area contributed by atoms with Gasteiger partial charge >= 0.3 is 0 Å². The van der Waals surface area contributed by atoms with Crippen molar-refractivity contribution in [1.29, 1.82) is 0 Å². The zero-order valence-electron chi connectivity index (χ0n) is 16.2. The number of rotatable bonds is 6. The van der Waals surface area contributed by atoms with Gasteiger partial charge in [0.1, 0.15) is 41.5 Å². The molecule has 0 radical (unpaired) electrons. The van der Waals surface area contributed by atoms with Crippen LogP contribution in [0.15, 0.2) is 30.3 Å². The molecule has 7 N–H and O–H groups in total. The van der Waals surface area contributed by atoms with Crippen LogP contribution in [-0.2, 0) is 4.74 Å².